The lowest BCUT2D eigenvalue weighted by Crippen LogP contribution is -2.30. The van der Waals surface area contributed by atoms with Crippen molar-refractivity contribution >= 4 is 16.8 Å². The number of hydrogen-bond acceptors (Lipinski definition) is 5. The highest BCUT2D eigenvalue weighted by Gasteiger charge is 2.19. The van der Waals surface area contributed by atoms with Gasteiger partial charge in [-0.1, -0.05) is 24.3 Å². The van der Waals surface area contributed by atoms with Crippen LogP contribution >= 0.6 is 0 Å². The standard InChI is InChI=1S/C23H25N3O4/c1-2-26(15-16-7-5-10-19-22(16)30-14-13-29-19)21(27)12-6-11-20-24-18-9-4-3-8-17(18)23(28)25-20/h3-5,7-10H,2,6,11-15H2,1H3,(H,24,25,28). The molecule has 0 radical (unpaired) electrons. The first-order chi connectivity index (χ1) is 14.7. The van der Waals surface area contributed by atoms with Crippen LogP contribution in [0.1, 0.15) is 31.2 Å². The van der Waals surface area contributed by atoms with Crippen molar-refractivity contribution in [3.63, 3.8) is 0 Å². The number of nitrogens with zero attached hydrogens (tertiary/aromatic N) is 2. The zero-order valence-electron chi connectivity index (χ0n) is 17.0. The molecule has 0 unspecified atom stereocenters. The molecule has 0 saturated heterocycles. The van der Waals surface area contributed by atoms with Crippen molar-refractivity contribution in [3.8, 4) is 11.5 Å². The fourth-order valence-electron chi connectivity index (χ4n) is 3.66. The molecule has 30 heavy (non-hydrogen) atoms. The molecule has 7 heteroatoms. The van der Waals surface area contributed by atoms with E-state index in [4.69, 9.17) is 9.47 Å². The van der Waals surface area contributed by atoms with Crippen LogP contribution in [0.2, 0.25) is 0 Å². The van der Waals surface area contributed by atoms with Crippen LogP contribution < -0.4 is 15.0 Å². The van der Waals surface area contributed by atoms with Gasteiger partial charge in [-0.05, 0) is 31.5 Å². The molecule has 0 atom stereocenters. The van der Waals surface area contributed by atoms with Crippen LogP contribution in [0.4, 0.5) is 0 Å². The highest BCUT2D eigenvalue weighted by molar-refractivity contribution is 5.77. The van der Waals surface area contributed by atoms with Gasteiger partial charge >= 0.3 is 0 Å². The molecule has 1 aliphatic rings. The van der Waals surface area contributed by atoms with Crippen molar-refractivity contribution in [1.29, 1.82) is 0 Å². The van der Waals surface area contributed by atoms with E-state index in [9.17, 15) is 9.59 Å². The number of amides is 1. The van der Waals surface area contributed by atoms with Crippen LogP contribution in [-0.2, 0) is 17.8 Å². The number of fused-ring (bicyclic) bond motifs is 2. The lowest BCUT2D eigenvalue weighted by atomic mass is 10.1. The van der Waals surface area contributed by atoms with Crippen LogP contribution in [0.3, 0.4) is 0 Å². The van der Waals surface area contributed by atoms with Crippen LogP contribution in [-0.4, -0.2) is 40.5 Å². The van der Waals surface area contributed by atoms with Gasteiger partial charge in [-0.25, -0.2) is 4.98 Å². The Bertz CT molecular complexity index is 1110. The number of benzene rings is 2. The number of nitrogens with one attached hydrogen (secondary N) is 1. The molecular weight excluding hydrogens is 382 g/mol. The maximum atomic E-state index is 12.8. The van der Waals surface area contributed by atoms with E-state index in [1.54, 1.807) is 6.07 Å². The summed E-state index contributed by atoms with van der Waals surface area (Å²) in [6, 6.07) is 13.0. The molecule has 1 aromatic heterocycles. The van der Waals surface area contributed by atoms with Crippen LogP contribution in [0.15, 0.2) is 47.3 Å². The third kappa shape index (κ3) is 4.30. The molecule has 0 saturated carbocycles. The highest BCUT2D eigenvalue weighted by Crippen LogP contribution is 2.34. The lowest BCUT2D eigenvalue weighted by molar-refractivity contribution is -0.131. The van der Waals surface area contributed by atoms with Gasteiger partial charge in [-0.2, -0.15) is 0 Å². The van der Waals surface area contributed by atoms with E-state index in [0.29, 0.717) is 62.3 Å². The van der Waals surface area contributed by atoms with Crippen molar-refractivity contribution < 1.29 is 14.3 Å². The maximum Gasteiger partial charge on any atom is 0.258 e. The number of H-pyrrole nitrogens is 1. The quantitative estimate of drug-likeness (QED) is 0.651. The zero-order valence-corrected chi connectivity index (χ0v) is 17.0. The number of para-hydroxylation sites is 2. The molecule has 0 fully saturated rings. The lowest BCUT2D eigenvalue weighted by Gasteiger charge is -2.25. The second-order valence-electron chi connectivity index (χ2n) is 7.23. The van der Waals surface area contributed by atoms with E-state index in [1.165, 1.54) is 0 Å². The summed E-state index contributed by atoms with van der Waals surface area (Å²) in [4.78, 5) is 34.1. The molecule has 2 aromatic carbocycles. The van der Waals surface area contributed by atoms with Gasteiger partial charge in [0.2, 0.25) is 5.91 Å². The maximum absolute atomic E-state index is 12.8. The molecule has 0 spiro atoms. The van der Waals surface area contributed by atoms with Crippen molar-refractivity contribution in [1.82, 2.24) is 14.9 Å². The van der Waals surface area contributed by atoms with E-state index in [0.717, 1.165) is 17.1 Å². The summed E-state index contributed by atoms with van der Waals surface area (Å²) in [5.41, 5.74) is 1.48. The van der Waals surface area contributed by atoms with Gasteiger partial charge in [0.05, 0.1) is 10.9 Å². The molecule has 2 heterocycles. The average Bonchev–Trinajstić information content (AvgIpc) is 2.77. The van der Waals surface area contributed by atoms with Crippen LogP contribution in [0.5, 0.6) is 11.5 Å². The van der Waals surface area contributed by atoms with Crippen molar-refractivity contribution in [3.05, 3.63) is 64.2 Å². The Morgan fingerprint density at radius 1 is 1.13 bits per heavy atom. The molecule has 1 aliphatic heterocycles. The molecule has 4 rings (SSSR count). The van der Waals surface area contributed by atoms with Gasteiger partial charge in [0.25, 0.3) is 5.56 Å². The number of ether oxygens (including phenoxy) is 2. The first kappa shape index (κ1) is 19.9. The minimum Gasteiger partial charge on any atom is -0.486 e. The Morgan fingerprint density at radius 3 is 2.83 bits per heavy atom. The van der Waals surface area contributed by atoms with E-state index in [2.05, 4.69) is 9.97 Å². The van der Waals surface area contributed by atoms with Crippen molar-refractivity contribution in [2.75, 3.05) is 19.8 Å². The average molecular weight is 407 g/mol. The Balaban J connectivity index is 1.38. The van der Waals surface area contributed by atoms with Gasteiger partial charge in [0.1, 0.15) is 19.0 Å². The smallest absolute Gasteiger partial charge is 0.258 e. The third-order valence-corrected chi connectivity index (χ3v) is 5.21. The van der Waals surface area contributed by atoms with Gasteiger partial charge in [-0.15, -0.1) is 0 Å². The summed E-state index contributed by atoms with van der Waals surface area (Å²) < 4.78 is 11.4. The number of carbonyl (C=O) groups excluding carboxylic acids is 1. The van der Waals surface area contributed by atoms with E-state index in [1.807, 2.05) is 48.2 Å². The van der Waals surface area contributed by atoms with Gasteiger partial charge < -0.3 is 19.4 Å². The predicted molar refractivity (Wildman–Crippen MR) is 114 cm³/mol. The summed E-state index contributed by atoms with van der Waals surface area (Å²) in [5, 5.41) is 0.576. The van der Waals surface area contributed by atoms with Crippen molar-refractivity contribution in [2.45, 2.75) is 32.7 Å². The summed E-state index contributed by atoms with van der Waals surface area (Å²) in [5.74, 6) is 2.13. The zero-order chi connectivity index (χ0) is 20.9. The number of aryl methyl sites for hydroxylation is 1. The SMILES string of the molecule is CCN(Cc1cccc2c1OCCO2)C(=O)CCCc1nc2ccccc2c(=O)[nH]1. The largest absolute Gasteiger partial charge is 0.486 e. The summed E-state index contributed by atoms with van der Waals surface area (Å²) >= 11 is 0. The highest BCUT2D eigenvalue weighted by atomic mass is 16.6. The Kier molecular flexibility index (Phi) is 5.97. The van der Waals surface area contributed by atoms with E-state index >= 15 is 0 Å². The molecule has 0 bridgehead atoms. The topological polar surface area (TPSA) is 84.5 Å². The van der Waals surface area contributed by atoms with Crippen molar-refractivity contribution in [2.24, 2.45) is 0 Å². The normalized spacial score (nSPS) is 12.7. The monoisotopic (exact) mass is 407 g/mol. The Morgan fingerprint density at radius 2 is 1.97 bits per heavy atom. The van der Waals surface area contributed by atoms with Gasteiger partial charge in [0.15, 0.2) is 11.5 Å². The van der Waals surface area contributed by atoms with Gasteiger partial charge in [0, 0.05) is 31.5 Å². The second kappa shape index (κ2) is 8.98. The minimum absolute atomic E-state index is 0.0648. The Hall–Kier alpha value is -3.35. The molecule has 0 aliphatic carbocycles. The number of aromatic nitrogens is 2. The number of aromatic amines is 1. The Labute approximate surface area is 174 Å². The van der Waals surface area contributed by atoms with Crippen LogP contribution in [0.25, 0.3) is 10.9 Å². The van der Waals surface area contributed by atoms with E-state index in [-0.39, 0.29) is 11.5 Å². The van der Waals surface area contributed by atoms with Gasteiger partial charge in [-0.3, -0.25) is 9.59 Å². The summed E-state index contributed by atoms with van der Waals surface area (Å²) in [6.07, 6.45) is 1.54. The first-order valence-electron chi connectivity index (χ1n) is 10.3. The third-order valence-electron chi connectivity index (χ3n) is 5.21. The fourth-order valence-corrected chi connectivity index (χ4v) is 3.66. The summed E-state index contributed by atoms with van der Waals surface area (Å²) in [7, 11) is 0. The second-order valence-corrected chi connectivity index (χ2v) is 7.23. The van der Waals surface area contributed by atoms with Crippen LogP contribution in [0, 0.1) is 0 Å². The first-order valence-corrected chi connectivity index (χ1v) is 10.3. The van der Waals surface area contributed by atoms with E-state index < -0.39 is 0 Å². The predicted octanol–water partition coefficient (Wildman–Crippen LogP) is 3.07. The number of rotatable bonds is 7. The summed E-state index contributed by atoms with van der Waals surface area (Å²) in [6.45, 7) is 4.10. The molecule has 156 valence electrons. The minimum atomic E-state index is -0.145. The molecule has 7 nitrogen and oxygen atoms in total. The number of carbonyl (C=O) groups is 1. The molecule has 1 amide bonds. The molecular formula is C23H25N3O4. The number of hydrogen-bond donors (Lipinski definition) is 1. The molecule has 3 aromatic rings. The molecule has 1 N–H and O–H groups in total. The fraction of sp³-hybridized carbons (Fsp3) is 0.348.